The van der Waals surface area contributed by atoms with Crippen molar-refractivity contribution >= 4 is 6.09 Å². The molecular weight excluding hydrogens is 242 g/mol. The molecule has 2 rings (SSSR count). The molecule has 1 saturated heterocycles. The predicted molar refractivity (Wildman–Crippen MR) is 72.6 cm³/mol. The number of ether oxygens (including phenoxy) is 1. The Kier molecular flexibility index (Phi) is 4.10. The molecule has 1 amide bonds. The average molecular weight is 263 g/mol. The molecule has 19 heavy (non-hydrogen) atoms. The third-order valence-corrected chi connectivity index (χ3v) is 3.64. The minimum absolute atomic E-state index is 0.274. The first-order chi connectivity index (χ1) is 8.99. The van der Waals surface area contributed by atoms with Crippen LogP contribution >= 0.6 is 0 Å². The minimum atomic E-state index is -0.356. The van der Waals surface area contributed by atoms with E-state index in [1.165, 1.54) is 0 Å². The number of benzene rings is 1. The molecule has 1 aromatic carbocycles. The number of amides is 1. The summed E-state index contributed by atoms with van der Waals surface area (Å²) in [5.74, 6) is 0. The van der Waals surface area contributed by atoms with E-state index in [4.69, 9.17) is 4.74 Å². The molecule has 4 heteroatoms. The zero-order valence-electron chi connectivity index (χ0n) is 11.5. The average Bonchev–Trinajstić information content (AvgIpc) is 2.40. The van der Waals surface area contributed by atoms with Crippen LogP contribution in [0.1, 0.15) is 25.8 Å². The number of likely N-dealkylation sites (tertiary alicyclic amines) is 1. The molecular formula is C15H21NO3. The Balaban J connectivity index is 1.87. The lowest BCUT2D eigenvalue weighted by atomic mass is 9.81. The maximum atomic E-state index is 12.0. The van der Waals surface area contributed by atoms with Gasteiger partial charge in [0.25, 0.3) is 0 Å². The van der Waals surface area contributed by atoms with Gasteiger partial charge in [0.15, 0.2) is 0 Å². The van der Waals surface area contributed by atoms with Gasteiger partial charge in [-0.3, -0.25) is 0 Å². The van der Waals surface area contributed by atoms with Crippen molar-refractivity contribution in [1.29, 1.82) is 0 Å². The third-order valence-electron chi connectivity index (χ3n) is 3.64. The summed E-state index contributed by atoms with van der Waals surface area (Å²) in [5, 5.41) is 9.87. The van der Waals surface area contributed by atoms with Gasteiger partial charge in [-0.1, -0.05) is 44.2 Å². The number of piperidine rings is 1. The summed E-state index contributed by atoms with van der Waals surface area (Å²) in [6.45, 7) is 5.31. The SMILES string of the molecule is CC1(C)CN(C(=O)OCc2ccccc2)CCC1O. The zero-order chi connectivity index (χ0) is 13.9. The van der Waals surface area contributed by atoms with Crippen LogP contribution in [-0.2, 0) is 11.3 Å². The molecule has 0 saturated carbocycles. The molecule has 104 valence electrons. The van der Waals surface area contributed by atoms with Crippen molar-refractivity contribution in [2.75, 3.05) is 13.1 Å². The molecule has 4 nitrogen and oxygen atoms in total. The maximum absolute atomic E-state index is 12.0. The van der Waals surface area contributed by atoms with Crippen molar-refractivity contribution in [3.63, 3.8) is 0 Å². The first kappa shape index (κ1) is 13.9. The Morgan fingerprint density at radius 3 is 2.74 bits per heavy atom. The first-order valence-electron chi connectivity index (χ1n) is 6.63. The monoisotopic (exact) mass is 263 g/mol. The largest absolute Gasteiger partial charge is 0.445 e. The molecule has 1 aromatic rings. The summed E-state index contributed by atoms with van der Waals surface area (Å²) in [5.41, 5.74) is 0.705. The van der Waals surface area contributed by atoms with Gasteiger partial charge in [-0.2, -0.15) is 0 Å². The van der Waals surface area contributed by atoms with Crippen LogP contribution in [0.3, 0.4) is 0 Å². The summed E-state index contributed by atoms with van der Waals surface area (Å²) in [4.78, 5) is 13.7. The van der Waals surface area contributed by atoms with Gasteiger partial charge >= 0.3 is 6.09 Å². The van der Waals surface area contributed by atoms with Gasteiger partial charge in [0.05, 0.1) is 6.10 Å². The summed E-state index contributed by atoms with van der Waals surface area (Å²) in [6, 6.07) is 9.63. The smallest absolute Gasteiger partial charge is 0.410 e. The number of carbonyl (C=O) groups excluding carboxylic acids is 1. The highest BCUT2D eigenvalue weighted by Crippen LogP contribution is 2.29. The van der Waals surface area contributed by atoms with Crippen molar-refractivity contribution < 1.29 is 14.6 Å². The van der Waals surface area contributed by atoms with Gasteiger partial charge in [0.2, 0.25) is 0 Å². The molecule has 1 unspecified atom stereocenters. The van der Waals surface area contributed by atoms with E-state index in [9.17, 15) is 9.90 Å². The Bertz CT molecular complexity index is 430. The predicted octanol–water partition coefficient (Wildman–Crippen LogP) is 2.42. The quantitative estimate of drug-likeness (QED) is 0.891. The van der Waals surface area contributed by atoms with Crippen LogP contribution < -0.4 is 0 Å². The molecule has 0 radical (unpaired) electrons. The van der Waals surface area contributed by atoms with Crippen LogP contribution in [-0.4, -0.2) is 35.3 Å². The highest BCUT2D eigenvalue weighted by Gasteiger charge is 2.36. The fourth-order valence-electron chi connectivity index (χ4n) is 2.31. The second kappa shape index (κ2) is 5.61. The van der Waals surface area contributed by atoms with Crippen LogP contribution in [0.2, 0.25) is 0 Å². The first-order valence-corrected chi connectivity index (χ1v) is 6.63. The van der Waals surface area contributed by atoms with E-state index in [1.807, 2.05) is 44.2 Å². The van der Waals surface area contributed by atoms with Crippen molar-refractivity contribution in [1.82, 2.24) is 4.90 Å². The van der Waals surface area contributed by atoms with Crippen LogP contribution in [0.25, 0.3) is 0 Å². The standard InChI is InChI=1S/C15H21NO3/c1-15(2)11-16(9-8-13(15)17)14(18)19-10-12-6-4-3-5-7-12/h3-7,13,17H,8-11H2,1-2H3. The molecule has 1 aliphatic rings. The van der Waals surface area contributed by atoms with Gasteiger partial charge in [0, 0.05) is 18.5 Å². The molecule has 1 atom stereocenters. The normalized spacial score (nSPS) is 22.1. The second-order valence-corrected chi connectivity index (χ2v) is 5.75. The summed E-state index contributed by atoms with van der Waals surface area (Å²) >= 11 is 0. The lowest BCUT2D eigenvalue weighted by molar-refractivity contribution is -0.0243. The molecule has 1 N–H and O–H groups in total. The Labute approximate surface area is 114 Å². The van der Waals surface area contributed by atoms with Crippen LogP contribution in [0.15, 0.2) is 30.3 Å². The molecule has 0 aromatic heterocycles. The van der Waals surface area contributed by atoms with Crippen molar-refractivity contribution in [3.8, 4) is 0 Å². The topological polar surface area (TPSA) is 49.8 Å². The Morgan fingerprint density at radius 2 is 2.11 bits per heavy atom. The van der Waals surface area contributed by atoms with Crippen LogP contribution in [0.4, 0.5) is 4.79 Å². The fraction of sp³-hybridized carbons (Fsp3) is 0.533. The highest BCUT2D eigenvalue weighted by molar-refractivity contribution is 5.67. The summed E-state index contributed by atoms with van der Waals surface area (Å²) in [7, 11) is 0. The lowest BCUT2D eigenvalue weighted by Crippen LogP contribution is -2.50. The summed E-state index contributed by atoms with van der Waals surface area (Å²) < 4.78 is 5.30. The van der Waals surface area contributed by atoms with E-state index in [1.54, 1.807) is 4.90 Å². The second-order valence-electron chi connectivity index (χ2n) is 5.75. The molecule has 1 aliphatic heterocycles. The van der Waals surface area contributed by atoms with Gasteiger partial charge in [-0.05, 0) is 12.0 Å². The van der Waals surface area contributed by atoms with E-state index in [-0.39, 0.29) is 17.6 Å². The molecule has 0 bridgehead atoms. The minimum Gasteiger partial charge on any atom is -0.445 e. The Morgan fingerprint density at radius 1 is 1.42 bits per heavy atom. The van der Waals surface area contributed by atoms with Gasteiger partial charge < -0.3 is 14.7 Å². The van der Waals surface area contributed by atoms with E-state index in [2.05, 4.69) is 0 Å². The molecule has 1 fully saturated rings. The van der Waals surface area contributed by atoms with Crippen molar-refractivity contribution in [2.24, 2.45) is 5.41 Å². The van der Waals surface area contributed by atoms with E-state index in [0.717, 1.165) is 5.56 Å². The number of nitrogens with zero attached hydrogens (tertiary/aromatic N) is 1. The van der Waals surface area contributed by atoms with Gasteiger partial charge in [-0.25, -0.2) is 4.79 Å². The highest BCUT2D eigenvalue weighted by atomic mass is 16.6. The lowest BCUT2D eigenvalue weighted by Gasteiger charge is -2.41. The maximum Gasteiger partial charge on any atom is 0.410 e. The fourth-order valence-corrected chi connectivity index (χ4v) is 2.31. The molecule has 0 spiro atoms. The third kappa shape index (κ3) is 3.47. The van der Waals surface area contributed by atoms with E-state index in [0.29, 0.717) is 26.1 Å². The van der Waals surface area contributed by atoms with Gasteiger partial charge in [-0.15, -0.1) is 0 Å². The molecule has 1 heterocycles. The van der Waals surface area contributed by atoms with E-state index < -0.39 is 0 Å². The zero-order valence-corrected chi connectivity index (χ0v) is 11.5. The summed E-state index contributed by atoms with van der Waals surface area (Å²) in [6.07, 6.45) is -0.0533. The number of hydrogen-bond acceptors (Lipinski definition) is 3. The number of hydrogen-bond donors (Lipinski definition) is 1. The number of rotatable bonds is 2. The van der Waals surface area contributed by atoms with E-state index >= 15 is 0 Å². The Hall–Kier alpha value is -1.55. The van der Waals surface area contributed by atoms with Gasteiger partial charge in [0.1, 0.15) is 6.61 Å². The van der Waals surface area contributed by atoms with Crippen LogP contribution in [0, 0.1) is 5.41 Å². The number of aliphatic hydroxyl groups excluding tert-OH is 1. The van der Waals surface area contributed by atoms with Crippen molar-refractivity contribution in [3.05, 3.63) is 35.9 Å². The van der Waals surface area contributed by atoms with Crippen LogP contribution in [0.5, 0.6) is 0 Å². The van der Waals surface area contributed by atoms with Crippen molar-refractivity contribution in [2.45, 2.75) is 33.0 Å². The number of aliphatic hydroxyl groups is 1. The molecule has 0 aliphatic carbocycles. The number of carbonyl (C=O) groups is 1.